The van der Waals surface area contributed by atoms with Gasteiger partial charge >= 0.3 is 11.9 Å². The molecule has 3 aliphatic rings. The lowest BCUT2D eigenvalue weighted by Gasteiger charge is -2.18. The van der Waals surface area contributed by atoms with Gasteiger partial charge in [0, 0.05) is 0 Å². The zero-order valence-corrected chi connectivity index (χ0v) is 19.1. The van der Waals surface area contributed by atoms with Crippen molar-refractivity contribution in [1.82, 2.24) is 0 Å². The van der Waals surface area contributed by atoms with Crippen LogP contribution in [0.5, 0.6) is 11.5 Å². The van der Waals surface area contributed by atoms with Gasteiger partial charge in [0.15, 0.2) is 0 Å². The number of para-hydroxylation sites is 2. The van der Waals surface area contributed by atoms with Crippen LogP contribution in [0.1, 0.15) is 27.1 Å². The van der Waals surface area contributed by atoms with E-state index in [9.17, 15) is 19.2 Å². The predicted octanol–water partition coefficient (Wildman–Crippen LogP) is 4.44. The first-order valence-electron chi connectivity index (χ1n) is 11.8. The van der Waals surface area contributed by atoms with E-state index in [0.29, 0.717) is 11.4 Å². The zero-order chi connectivity index (χ0) is 24.8. The third-order valence-corrected chi connectivity index (χ3v) is 7.07. The number of ether oxygens (including phenoxy) is 2. The van der Waals surface area contributed by atoms with Crippen molar-refractivity contribution >= 4 is 29.4 Å². The van der Waals surface area contributed by atoms with Gasteiger partial charge in [-0.1, -0.05) is 48.6 Å². The number of hydrogen-bond acceptors (Lipinski definition) is 6. The van der Waals surface area contributed by atoms with Crippen molar-refractivity contribution in [3.05, 3.63) is 102 Å². The van der Waals surface area contributed by atoms with Gasteiger partial charge in [-0.25, -0.2) is 14.5 Å². The number of anilines is 1. The second-order valence-corrected chi connectivity index (χ2v) is 9.15. The topological polar surface area (TPSA) is 90.0 Å². The molecule has 1 saturated carbocycles. The Hall–Kier alpha value is -4.52. The number of allylic oxidation sites excluding steroid dienone is 2. The van der Waals surface area contributed by atoms with Crippen molar-refractivity contribution in [1.29, 1.82) is 0 Å². The van der Waals surface area contributed by atoms with E-state index in [1.54, 1.807) is 54.6 Å². The fourth-order valence-electron chi connectivity index (χ4n) is 5.46. The Kier molecular flexibility index (Phi) is 5.25. The fourth-order valence-corrected chi connectivity index (χ4v) is 5.46. The Bertz CT molecular complexity index is 1400. The van der Waals surface area contributed by atoms with Gasteiger partial charge in [-0.15, -0.1) is 0 Å². The molecule has 1 saturated heterocycles. The lowest BCUT2D eigenvalue weighted by atomic mass is 9.85. The molecular weight excluding hydrogens is 458 g/mol. The van der Waals surface area contributed by atoms with Crippen LogP contribution >= 0.6 is 0 Å². The molecule has 2 fully saturated rings. The van der Waals surface area contributed by atoms with Crippen LogP contribution in [0.2, 0.25) is 0 Å². The highest BCUT2D eigenvalue weighted by Gasteiger charge is 2.59. The Morgan fingerprint density at radius 3 is 2.11 bits per heavy atom. The molecule has 2 amide bonds. The molecule has 7 heteroatoms. The second kappa shape index (κ2) is 8.61. The summed E-state index contributed by atoms with van der Waals surface area (Å²) < 4.78 is 10.9. The second-order valence-electron chi connectivity index (χ2n) is 9.15. The number of amides is 2. The van der Waals surface area contributed by atoms with Crippen LogP contribution in [0.4, 0.5) is 5.69 Å². The van der Waals surface area contributed by atoms with Gasteiger partial charge in [0.05, 0.1) is 23.1 Å². The van der Waals surface area contributed by atoms with Gasteiger partial charge in [-0.2, -0.15) is 0 Å². The number of benzene rings is 3. The Morgan fingerprint density at radius 1 is 0.722 bits per heavy atom. The molecule has 1 aliphatic heterocycles. The zero-order valence-electron chi connectivity index (χ0n) is 19.1. The molecular formula is C29H21NO6. The van der Waals surface area contributed by atoms with Gasteiger partial charge in [0.1, 0.15) is 17.1 Å². The largest absolute Gasteiger partial charge is 0.423 e. The van der Waals surface area contributed by atoms with E-state index < -0.39 is 11.9 Å². The number of carbonyl (C=O) groups excluding carboxylic acids is 4. The average molecular weight is 479 g/mol. The highest BCUT2D eigenvalue weighted by Crippen LogP contribution is 2.53. The van der Waals surface area contributed by atoms with E-state index in [1.165, 1.54) is 29.2 Å². The standard InChI is InChI=1S/C29H21NO6/c31-26-24-17-13-14-18(15-17)25(24)27(32)30(26)20-8-6-7-19(16-20)28(33)36-23-12-5-4-11-22(23)29(34)35-21-9-2-1-3-10-21/h1-14,16-18,24-25H,15H2/t17-,18-,24-,25+/m0/s1. The van der Waals surface area contributed by atoms with Gasteiger partial charge in [0.2, 0.25) is 11.8 Å². The summed E-state index contributed by atoms with van der Waals surface area (Å²) in [5.41, 5.74) is 0.578. The van der Waals surface area contributed by atoms with Crippen molar-refractivity contribution in [2.24, 2.45) is 23.7 Å². The van der Waals surface area contributed by atoms with Crippen molar-refractivity contribution in [3.63, 3.8) is 0 Å². The van der Waals surface area contributed by atoms with E-state index in [-0.39, 0.29) is 52.4 Å². The highest BCUT2D eigenvalue weighted by atomic mass is 16.5. The maximum atomic E-state index is 13.1. The van der Waals surface area contributed by atoms with Gasteiger partial charge < -0.3 is 9.47 Å². The lowest BCUT2D eigenvalue weighted by molar-refractivity contribution is -0.123. The molecule has 0 radical (unpaired) electrons. The van der Waals surface area contributed by atoms with Crippen LogP contribution in [-0.4, -0.2) is 23.8 Å². The molecule has 178 valence electrons. The molecule has 2 bridgehead atoms. The minimum atomic E-state index is -0.724. The van der Waals surface area contributed by atoms with E-state index in [0.717, 1.165) is 6.42 Å². The summed E-state index contributed by atoms with van der Waals surface area (Å²) in [7, 11) is 0. The summed E-state index contributed by atoms with van der Waals surface area (Å²) in [5.74, 6) is -1.88. The Labute approximate surface area is 206 Å². The van der Waals surface area contributed by atoms with E-state index in [4.69, 9.17) is 9.47 Å². The third-order valence-electron chi connectivity index (χ3n) is 7.07. The van der Waals surface area contributed by atoms with Crippen molar-refractivity contribution in [2.75, 3.05) is 4.90 Å². The van der Waals surface area contributed by atoms with Gasteiger partial charge in [-0.05, 0) is 60.7 Å². The smallest absolute Gasteiger partial charge is 0.347 e. The minimum Gasteiger partial charge on any atom is -0.423 e. The predicted molar refractivity (Wildman–Crippen MR) is 129 cm³/mol. The van der Waals surface area contributed by atoms with Crippen LogP contribution < -0.4 is 14.4 Å². The summed E-state index contributed by atoms with van der Waals surface area (Å²) in [5, 5.41) is 0. The minimum absolute atomic E-state index is 0.0411. The highest BCUT2D eigenvalue weighted by molar-refractivity contribution is 6.23. The number of esters is 2. The van der Waals surface area contributed by atoms with Gasteiger partial charge in [-0.3, -0.25) is 9.59 Å². The molecule has 0 spiro atoms. The Balaban J connectivity index is 1.22. The number of hydrogen-bond donors (Lipinski definition) is 0. The molecule has 6 rings (SSSR count). The number of fused-ring (bicyclic) bond motifs is 5. The SMILES string of the molecule is O=C(Oc1ccccc1C(=O)Oc1ccccc1)c1cccc(N2C(=O)[C@@H]3[C@H](C2=O)[C@H]2C=C[C@H]3C2)c1. The van der Waals surface area contributed by atoms with Crippen LogP contribution in [0.15, 0.2) is 91.0 Å². The monoisotopic (exact) mass is 479 g/mol. The van der Waals surface area contributed by atoms with Gasteiger partial charge in [0.25, 0.3) is 0 Å². The first kappa shape index (κ1) is 22.0. The van der Waals surface area contributed by atoms with E-state index >= 15 is 0 Å². The van der Waals surface area contributed by atoms with E-state index in [1.807, 2.05) is 12.2 Å². The first-order chi connectivity index (χ1) is 17.5. The molecule has 0 unspecified atom stereocenters. The number of rotatable bonds is 5. The fraction of sp³-hybridized carbons (Fsp3) is 0.172. The summed E-state index contributed by atoms with van der Waals surface area (Å²) in [6.45, 7) is 0. The molecule has 0 N–H and O–H groups in total. The van der Waals surface area contributed by atoms with Crippen LogP contribution in [0.25, 0.3) is 0 Å². The number of nitrogens with zero attached hydrogens (tertiary/aromatic N) is 1. The summed E-state index contributed by atoms with van der Waals surface area (Å²) in [6.07, 6.45) is 4.92. The van der Waals surface area contributed by atoms with Crippen LogP contribution in [0, 0.1) is 23.7 Å². The lowest BCUT2D eigenvalue weighted by Crippen LogP contribution is -2.33. The first-order valence-corrected chi connectivity index (χ1v) is 11.8. The molecule has 0 aromatic heterocycles. The molecule has 7 nitrogen and oxygen atoms in total. The third kappa shape index (κ3) is 3.60. The molecule has 3 aromatic carbocycles. The number of imide groups is 1. The van der Waals surface area contributed by atoms with Crippen LogP contribution in [-0.2, 0) is 9.59 Å². The van der Waals surface area contributed by atoms with Crippen molar-refractivity contribution in [2.45, 2.75) is 6.42 Å². The normalized spacial score (nSPS) is 23.6. The van der Waals surface area contributed by atoms with Crippen molar-refractivity contribution in [3.8, 4) is 11.5 Å². The van der Waals surface area contributed by atoms with E-state index in [2.05, 4.69) is 0 Å². The Morgan fingerprint density at radius 2 is 1.39 bits per heavy atom. The number of carbonyl (C=O) groups is 4. The quantitative estimate of drug-likeness (QED) is 0.233. The average Bonchev–Trinajstić information content (AvgIpc) is 3.58. The molecule has 4 atom stereocenters. The molecule has 2 aliphatic carbocycles. The summed E-state index contributed by atoms with van der Waals surface area (Å²) in [6, 6.07) is 21.1. The maximum absolute atomic E-state index is 13.1. The molecule has 36 heavy (non-hydrogen) atoms. The maximum Gasteiger partial charge on any atom is 0.347 e. The van der Waals surface area contributed by atoms with Crippen molar-refractivity contribution < 1.29 is 28.7 Å². The molecule has 3 aromatic rings. The summed E-state index contributed by atoms with van der Waals surface area (Å²) >= 11 is 0. The summed E-state index contributed by atoms with van der Waals surface area (Å²) in [4.78, 5) is 53.2. The molecule has 1 heterocycles. The van der Waals surface area contributed by atoms with Crippen LogP contribution in [0.3, 0.4) is 0 Å².